The van der Waals surface area contributed by atoms with Gasteiger partial charge in [0.2, 0.25) is 0 Å². The largest absolute Gasteiger partial charge is 0.309 e. The van der Waals surface area contributed by atoms with Crippen LogP contribution >= 0.6 is 27.5 Å². The van der Waals surface area contributed by atoms with E-state index < -0.39 is 0 Å². The van der Waals surface area contributed by atoms with Gasteiger partial charge in [-0.15, -0.1) is 0 Å². The molecule has 0 bridgehead atoms. The highest BCUT2D eigenvalue weighted by Crippen LogP contribution is 2.26. The monoisotopic (exact) mass is 344 g/mol. The number of hydrogen-bond acceptors (Lipinski definition) is 2. The van der Waals surface area contributed by atoms with Gasteiger partial charge in [0.1, 0.15) is 0 Å². The Morgan fingerprint density at radius 3 is 2.63 bits per heavy atom. The van der Waals surface area contributed by atoms with Crippen LogP contribution in [-0.4, -0.2) is 30.6 Å². The molecule has 1 saturated heterocycles. The number of benzene rings is 1. The molecule has 2 nitrogen and oxygen atoms in total. The Kier molecular flexibility index (Phi) is 5.70. The average Bonchev–Trinajstić information content (AvgIpc) is 2.89. The van der Waals surface area contributed by atoms with E-state index in [1.807, 2.05) is 12.1 Å². The van der Waals surface area contributed by atoms with Crippen molar-refractivity contribution in [1.29, 1.82) is 0 Å². The lowest BCUT2D eigenvalue weighted by Crippen LogP contribution is -2.39. The number of hydrogen-bond donors (Lipinski definition) is 1. The van der Waals surface area contributed by atoms with E-state index >= 15 is 0 Å². The van der Waals surface area contributed by atoms with Crippen molar-refractivity contribution in [3.05, 3.63) is 33.3 Å². The Morgan fingerprint density at radius 2 is 2.00 bits per heavy atom. The molecule has 1 aromatic carbocycles. The lowest BCUT2D eigenvalue weighted by Gasteiger charge is -2.26. The normalized spacial score (nSPS) is 19.6. The van der Waals surface area contributed by atoms with Crippen LogP contribution in [0.5, 0.6) is 0 Å². The summed E-state index contributed by atoms with van der Waals surface area (Å²) in [5.41, 5.74) is 1.17. The summed E-state index contributed by atoms with van der Waals surface area (Å²) in [4.78, 5) is 2.56. The standard InChI is InChI=1S/C15H22BrClN2/c1-11(19-7-3-4-8-19)10-18-12(2)14-6-5-13(16)9-15(14)17/h5-6,9,11-12,18H,3-4,7-8,10H2,1-2H3. The van der Waals surface area contributed by atoms with Gasteiger partial charge < -0.3 is 5.32 Å². The van der Waals surface area contributed by atoms with Gasteiger partial charge in [-0.1, -0.05) is 33.6 Å². The van der Waals surface area contributed by atoms with Crippen LogP contribution < -0.4 is 5.32 Å². The molecule has 106 valence electrons. The van der Waals surface area contributed by atoms with E-state index in [1.165, 1.54) is 31.5 Å². The van der Waals surface area contributed by atoms with Crippen molar-refractivity contribution in [2.75, 3.05) is 19.6 Å². The molecule has 0 spiro atoms. The summed E-state index contributed by atoms with van der Waals surface area (Å²) in [6, 6.07) is 6.97. The minimum Gasteiger partial charge on any atom is -0.309 e. The van der Waals surface area contributed by atoms with Gasteiger partial charge in [0, 0.05) is 28.1 Å². The Balaban J connectivity index is 1.88. The highest BCUT2D eigenvalue weighted by molar-refractivity contribution is 9.10. The molecule has 0 aliphatic carbocycles. The van der Waals surface area contributed by atoms with Crippen molar-refractivity contribution in [3.8, 4) is 0 Å². The van der Waals surface area contributed by atoms with Crippen LogP contribution in [0.1, 0.15) is 38.3 Å². The lowest BCUT2D eigenvalue weighted by atomic mass is 10.1. The van der Waals surface area contributed by atoms with Gasteiger partial charge in [0.15, 0.2) is 0 Å². The summed E-state index contributed by atoms with van der Waals surface area (Å²) in [5.74, 6) is 0. The molecule has 0 radical (unpaired) electrons. The van der Waals surface area contributed by atoms with E-state index in [1.54, 1.807) is 0 Å². The molecule has 19 heavy (non-hydrogen) atoms. The molecule has 2 rings (SSSR count). The molecule has 1 aliphatic rings. The maximum absolute atomic E-state index is 6.29. The summed E-state index contributed by atoms with van der Waals surface area (Å²) in [6.07, 6.45) is 2.69. The first kappa shape index (κ1) is 15.3. The zero-order chi connectivity index (χ0) is 13.8. The van der Waals surface area contributed by atoms with Crippen LogP contribution in [0.3, 0.4) is 0 Å². The summed E-state index contributed by atoms with van der Waals surface area (Å²) < 4.78 is 1.03. The smallest absolute Gasteiger partial charge is 0.0464 e. The second-order valence-electron chi connectivity index (χ2n) is 5.39. The van der Waals surface area contributed by atoms with Gasteiger partial charge in [-0.2, -0.15) is 0 Å². The molecule has 2 atom stereocenters. The van der Waals surface area contributed by atoms with Gasteiger partial charge in [-0.05, 0) is 57.5 Å². The second-order valence-corrected chi connectivity index (χ2v) is 6.71. The highest BCUT2D eigenvalue weighted by atomic mass is 79.9. The van der Waals surface area contributed by atoms with Gasteiger partial charge >= 0.3 is 0 Å². The van der Waals surface area contributed by atoms with Gasteiger partial charge in [-0.3, -0.25) is 4.90 Å². The predicted molar refractivity (Wildman–Crippen MR) is 85.8 cm³/mol. The Labute approximate surface area is 129 Å². The molecule has 0 saturated carbocycles. The predicted octanol–water partition coefficient (Wildman–Crippen LogP) is 4.24. The van der Waals surface area contributed by atoms with Crippen molar-refractivity contribution in [2.24, 2.45) is 0 Å². The Morgan fingerprint density at radius 1 is 1.32 bits per heavy atom. The Hall–Kier alpha value is -0.0900. The average molecular weight is 346 g/mol. The van der Waals surface area contributed by atoms with Crippen molar-refractivity contribution >= 4 is 27.5 Å². The summed E-state index contributed by atoms with van der Waals surface area (Å²) in [5, 5.41) is 4.42. The van der Waals surface area contributed by atoms with Crippen molar-refractivity contribution in [1.82, 2.24) is 10.2 Å². The number of rotatable bonds is 5. The van der Waals surface area contributed by atoms with E-state index in [9.17, 15) is 0 Å². The third kappa shape index (κ3) is 4.19. The fourth-order valence-corrected chi connectivity index (χ4v) is 3.46. The molecule has 0 amide bonds. The van der Waals surface area contributed by atoms with E-state index in [4.69, 9.17) is 11.6 Å². The molecule has 0 aromatic heterocycles. The van der Waals surface area contributed by atoms with E-state index in [2.05, 4.69) is 46.1 Å². The van der Waals surface area contributed by atoms with Crippen LogP contribution in [0.4, 0.5) is 0 Å². The van der Waals surface area contributed by atoms with E-state index in [-0.39, 0.29) is 6.04 Å². The molecule has 1 aromatic rings. The van der Waals surface area contributed by atoms with Gasteiger partial charge in [0.25, 0.3) is 0 Å². The van der Waals surface area contributed by atoms with Crippen LogP contribution in [0.2, 0.25) is 5.02 Å². The number of halogens is 2. The minimum absolute atomic E-state index is 0.283. The fraction of sp³-hybridized carbons (Fsp3) is 0.600. The topological polar surface area (TPSA) is 15.3 Å². The first-order valence-corrected chi connectivity index (χ1v) is 8.17. The Bertz CT molecular complexity index is 419. The summed E-state index contributed by atoms with van der Waals surface area (Å²) in [7, 11) is 0. The summed E-state index contributed by atoms with van der Waals surface area (Å²) in [6.45, 7) is 7.97. The van der Waals surface area contributed by atoms with E-state index in [0.717, 1.165) is 16.0 Å². The molecule has 1 aliphatic heterocycles. The van der Waals surface area contributed by atoms with Crippen LogP contribution in [0.15, 0.2) is 22.7 Å². The van der Waals surface area contributed by atoms with Gasteiger partial charge in [0.05, 0.1) is 0 Å². The quantitative estimate of drug-likeness (QED) is 0.859. The second kappa shape index (κ2) is 7.07. The first-order valence-electron chi connectivity index (χ1n) is 7.00. The maximum atomic E-state index is 6.29. The molecule has 4 heteroatoms. The molecule has 1 heterocycles. The third-order valence-corrected chi connectivity index (χ3v) is 4.73. The molecule has 1 fully saturated rings. The van der Waals surface area contributed by atoms with E-state index in [0.29, 0.717) is 6.04 Å². The van der Waals surface area contributed by atoms with Crippen molar-refractivity contribution in [3.63, 3.8) is 0 Å². The zero-order valence-corrected chi connectivity index (χ0v) is 14.0. The molecular weight excluding hydrogens is 324 g/mol. The highest BCUT2D eigenvalue weighted by Gasteiger charge is 2.18. The maximum Gasteiger partial charge on any atom is 0.0464 e. The number of nitrogens with one attached hydrogen (secondary N) is 1. The SMILES string of the molecule is CC(NCC(C)N1CCCC1)c1ccc(Br)cc1Cl. The first-order chi connectivity index (χ1) is 9.08. The van der Waals surface area contributed by atoms with Gasteiger partial charge in [-0.25, -0.2) is 0 Å². The molecular formula is C15H22BrClN2. The number of nitrogens with zero attached hydrogens (tertiary/aromatic N) is 1. The minimum atomic E-state index is 0.283. The summed E-state index contributed by atoms with van der Waals surface area (Å²) >= 11 is 9.73. The zero-order valence-electron chi connectivity index (χ0n) is 11.6. The number of likely N-dealkylation sites (tertiary alicyclic amines) is 1. The van der Waals surface area contributed by atoms with Crippen LogP contribution in [0, 0.1) is 0 Å². The fourth-order valence-electron chi connectivity index (χ4n) is 2.62. The van der Waals surface area contributed by atoms with Crippen LogP contribution in [-0.2, 0) is 0 Å². The third-order valence-electron chi connectivity index (χ3n) is 3.91. The molecule has 2 unspecified atom stereocenters. The van der Waals surface area contributed by atoms with Crippen LogP contribution in [0.25, 0.3) is 0 Å². The van der Waals surface area contributed by atoms with Crippen molar-refractivity contribution in [2.45, 2.75) is 38.8 Å². The molecule has 1 N–H and O–H groups in total. The van der Waals surface area contributed by atoms with Crippen molar-refractivity contribution < 1.29 is 0 Å². The lowest BCUT2D eigenvalue weighted by molar-refractivity contribution is 0.247.